The molecule has 0 aliphatic carbocycles. The Bertz CT molecular complexity index is 637. The molecule has 0 aliphatic heterocycles. The molecule has 2 rings (SSSR count). The number of nitrogens with one attached hydrogen (secondary N) is 2. The van der Waals surface area contributed by atoms with Gasteiger partial charge < -0.3 is 4.74 Å². The van der Waals surface area contributed by atoms with Crippen LogP contribution in [0.15, 0.2) is 41.0 Å². The van der Waals surface area contributed by atoms with Gasteiger partial charge in [0.1, 0.15) is 0 Å². The number of carbonyl (C=O) groups excluding carboxylic acids is 1. The van der Waals surface area contributed by atoms with E-state index in [1.165, 1.54) is 19.4 Å². The Morgan fingerprint density at radius 2 is 2.20 bits per heavy atom. The van der Waals surface area contributed by atoms with E-state index in [1.54, 1.807) is 18.2 Å². The van der Waals surface area contributed by atoms with Crippen molar-refractivity contribution in [2.75, 3.05) is 12.5 Å². The van der Waals surface area contributed by atoms with Crippen LogP contribution in [0.25, 0.3) is 0 Å². The molecule has 20 heavy (non-hydrogen) atoms. The maximum Gasteiger partial charge on any atom is 0.269 e. The molecule has 2 aromatic rings. The summed E-state index contributed by atoms with van der Waals surface area (Å²) in [6.07, 6.45) is 1.35. The third-order valence-electron chi connectivity index (χ3n) is 2.41. The molecule has 0 radical (unpaired) electrons. The van der Waals surface area contributed by atoms with Gasteiger partial charge in [-0.25, -0.2) is 9.37 Å². The van der Waals surface area contributed by atoms with E-state index in [0.717, 1.165) is 4.47 Å². The number of anilines is 1. The lowest BCUT2D eigenvalue weighted by Gasteiger charge is -2.09. The summed E-state index contributed by atoms with van der Waals surface area (Å²) in [6.45, 7) is 0. The highest BCUT2D eigenvalue weighted by molar-refractivity contribution is 9.10. The normalized spacial score (nSPS) is 9.95. The van der Waals surface area contributed by atoms with E-state index in [-0.39, 0.29) is 11.8 Å². The van der Waals surface area contributed by atoms with Crippen molar-refractivity contribution in [2.24, 2.45) is 0 Å². The summed E-state index contributed by atoms with van der Waals surface area (Å²) in [4.78, 5) is 15.6. The summed E-state index contributed by atoms with van der Waals surface area (Å²) in [5, 5.41) is 0. The van der Waals surface area contributed by atoms with Gasteiger partial charge in [-0.05, 0) is 18.2 Å². The number of hydrazine groups is 1. The Morgan fingerprint density at radius 3 is 2.85 bits per heavy atom. The monoisotopic (exact) mass is 339 g/mol. The highest BCUT2D eigenvalue weighted by atomic mass is 79.9. The molecule has 0 fully saturated rings. The fraction of sp³-hybridized carbons (Fsp3) is 0.0769. The Balaban J connectivity index is 2.02. The minimum Gasteiger partial charge on any atom is -0.479 e. The second-order valence-corrected chi connectivity index (χ2v) is 4.72. The molecule has 0 spiro atoms. The zero-order chi connectivity index (χ0) is 14.5. The van der Waals surface area contributed by atoms with Gasteiger partial charge in [-0.1, -0.05) is 22.0 Å². The molecule has 0 saturated heterocycles. The van der Waals surface area contributed by atoms with Crippen LogP contribution in [0.3, 0.4) is 0 Å². The lowest BCUT2D eigenvalue weighted by molar-refractivity contribution is 0.0962. The fourth-order valence-corrected chi connectivity index (χ4v) is 1.87. The molecule has 1 aromatic heterocycles. The zero-order valence-corrected chi connectivity index (χ0v) is 12.1. The first kappa shape index (κ1) is 14.3. The van der Waals surface area contributed by atoms with Crippen LogP contribution in [0.2, 0.25) is 0 Å². The number of carbonyl (C=O) groups is 1. The van der Waals surface area contributed by atoms with Gasteiger partial charge in [0.2, 0.25) is 5.88 Å². The first-order valence-corrected chi connectivity index (χ1v) is 6.41. The van der Waals surface area contributed by atoms with Crippen molar-refractivity contribution in [3.63, 3.8) is 0 Å². The lowest BCUT2D eigenvalue weighted by atomic mass is 10.2. The topological polar surface area (TPSA) is 63.2 Å². The SMILES string of the molecule is COc1ncc(NNC(=O)c2cccc(Br)c2)cc1F. The minimum atomic E-state index is -0.616. The zero-order valence-electron chi connectivity index (χ0n) is 10.5. The van der Waals surface area contributed by atoms with E-state index in [4.69, 9.17) is 4.74 Å². The van der Waals surface area contributed by atoms with Gasteiger partial charge in [-0.2, -0.15) is 0 Å². The molecule has 1 aromatic carbocycles. The van der Waals surface area contributed by atoms with Gasteiger partial charge in [-0.15, -0.1) is 0 Å². The van der Waals surface area contributed by atoms with E-state index >= 15 is 0 Å². The minimum absolute atomic E-state index is 0.103. The largest absolute Gasteiger partial charge is 0.479 e. The van der Waals surface area contributed by atoms with Crippen molar-refractivity contribution in [1.82, 2.24) is 10.4 Å². The molecule has 1 amide bonds. The summed E-state index contributed by atoms with van der Waals surface area (Å²) in [6, 6.07) is 8.06. The summed E-state index contributed by atoms with van der Waals surface area (Å²) >= 11 is 3.28. The molecule has 0 saturated carbocycles. The third-order valence-corrected chi connectivity index (χ3v) is 2.90. The molecule has 0 aliphatic rings. The van der Waals surface area contributed by atoms with E-state index in [1.807, 2.05) is 6.07 Å². The molecule has 2 N–H and O–H groups in total. The van der Waals surface area contributed by atoms with E-state index in [0.29, 0.717) is 11.3 Å². The Labute approximate surface area is 123 Å². The predicted octanol–water partition coefficient (Wildman–Crippen LogP) is 2.75. The van der Waals surface area contributed by atoms with Crippen molar-refractivity contribution in [2.45, 2.75) is 0 Å². The molecule has 0 bridgehead atoms. The van der Waals surface area contributed by atoms with E-state index in [9.17, 15) is 9.18 Å². The number of hydrogen-bond donors (Lipinski definition) is 2. The summed E-state index contributed by atoms with van der Waals surface area (Å²) in [5.41, 5.74) is 5.81. The van der Waals surface area contributed by atoms with Crippen molar-refractivity contribution >= 4 is 27.5 Å². The number of benzene rings is 1. The molecular formula is C13H11BrFN3O2. The van der Waals surface area contributed by atoms with Crippen LogP contribution in [-0.4, -0.2) is 18.0 Å². The molecule has 1 heterocycles. The number of ether oxygens (including phenoxy) is 1. The molecule has 0 atom stereocenters. The average Bonchev–Trinajstić information content (AvgIpc) is 2.45. The van der Waals surface area contributed by atoms with Crippen LogP contribution >= 0.6 is 15.9 Å². The number of hydrogen-bond acceptors (Lipinski definition) is 4. The van der Waals surface area contributed by atoms with E-state index < -0.39 is 5.82 Å². The highest BCUT2D eigenvalue weighted by Gasteiger charge is 2.07. The number of nitrogens with zero attached hydrogens (tertiary/aromatic N) is 1. The van der Waals surface area contributed by atoms with Crippen molar-refractivity contribution in [3.05, 3.63) is 52.4 Å². The van der Waals surface area contributed by atoms with Crippen LogP contribution in [0.4, 0.5) is 10.1 Å². The Kier molecular flexibility index (Phi) is 4.52. The average molecular weight is 340 g/mol. The lowest BCUT2D eigenvalue weighted by Crippen LogP contribution is -2.29. The standard InChI is InChI=1S/C13H11BrFN3O2/c1-20-13-11(15)6-10(7-16-13)17-18-12(19)8-3-2-4-9(14)5-8/h2-7,17H,1H3,(H,18,19). The third kappa shape index (κ3) is 3.45. The maximum absolute atomic E-state index is 13.4. The van der Waals surface area contributed by atoms with Gasteiger partial charge >= 0.3 is 0 Å². The van der Waals surface area contributed by atoms with Gasteiger partial charge in [0, 0.05) is 16.1 Å². The fourth-order valence-electron chi connectivity index (χ4n) is 1.47. The van der Waals surface area contributed by atoms with Crippen LogP contribution < -0.4 is 15.6 Å². The van der Waals surface area contributed by atoms with Crippen molar-refractivity contribution in [3.8, 4) is 5.88 Å². The Hall–Kier alpha value is -2.15. The number of rotatable bonds is 4. The quantitative estimate of drug-likeness (QED) is 0.840. The Morgan fingerprint density at radius 1 is 1.40 bits per heavy atom. The second-order valence-electron chi connectivity index (χ2n) is 3.80. The van der Waals surface area contributed by atoms with Crippen molar-refractivity contribution in [1.29, 1.82) is 0 Å². The summed E-state index contributed by atoms with van der Waals surface area (Å²) < 4.78 is 18.9. The number of amides is 1. The number of aromatic nitrogens is 1. The van der Waals surface area contributed by atoms with Gasteiger partial charge in [-0.3, -0.25) is 15.6 Å². The second kappa shape index (κ2) is 6.33. The molecule has 0 unspecified atom stereocenters. The van der Waals surface area contributed by atoms with Crippen LogP contribution in [0, 0.1) is 5.82 Å². The number of halogens is 2. The van der Waals surface area contributed by atoms with E-state index in [2.05, 4.69) is 31.8 Å². The van der Waals surface area contributed by atoms with Gasteiger partial charge in [0.05, 0.1) is 19.0 Å². The maximum atomic E-state index is 13.4. The number of methoxy groups -OCH3 is 1. The molecule has 7 heteroatoms. The van der Waals surface area contributed by atoms with Crippen LogP contribution in [0.1, 0.15) is 10.4 Å². The van der Waals surface area contributed by atoms with Gasteiger partial charge in [0.15, 0.2) is 5.82 Å². The summed E-state index contributed by atoms with van der Waals surface area (Å²) in [5.74, 6) is -1.06. The first-order valence-electron chi connectivity index (χ1n) is 5.61. The highest BCUT2D eigenvalue weighted by Crippen LogP contribution is 2.16. The molecule has 5 nitrogen and oxygen atoms in total. The first-order chi connectivity index (χ1) is 9.60. The predicted molar refractivity (Wildman–Crippen MR) is 76.0 cm³/mol. The van der Waals surface area contributed by atoms with Crippen molar-refractivity contribution < 1.29 is 13.9 Å². The van der Waals surface area contributed by atoms with Gasteiger partial charge in [0.25, 0.3) is 5.91 Å². The van der Waals surface area contributed by atoms with Crippen LogP contribution in [0.5, 0.6) is 5.88 Å². The van der Waals surface area contributed by atoms with Crippen LogP contribution in [-0.2, 0) is 0 Å². The number of pyridine rings is 1. The molecule has 104 valence electrons. The molecular weight excluding hydrogens is 329 g/mol. The smallest absolute Gasteiger partial charge is 0.269 e. The summed E-state index contributed by atoms with van der Waals surface area (Å²) in [7, 11) is 1.33.